The third kappa shape index (κ3) is 0.948. The lowest BCUT2D eigenvalue weighted by Crippen LogP contribution is -1.94. The molecule has 54 valence electrons. The first-order valence-electron chi connectivity index (χ1n) is 3.58. The van der Waals surface area contributed by atoms with Gasteiger partial charge in [-0.15, -0.1) is 0 Å². The van der Waals surface area contributed by atoms with Crippen LogP contribution in [-0.4, -0.2) is 13.2 Å². The molecule has 2 heterocycles. The van der Waals surface area contributed by atoms with E-state index in [2.05, 4.69) is 0 Å². The highest BCUT2D eigenvalue weighted by molar-refractivity contribution is 5.06. The number of ether oxygens (including phenoxy) is 1. The van der Waals surface area contributed by atoms with Crippen molar-refractivity contribution in [3.8, 4) is 0 Å². The molecule has 10 heavy (non-hydrogen) atoms. The molecular formula is C8H10O2. The van der Waals surface area contributed by atoms with Gasteiger partial charge >= 0.3 is 0 Å². The van der Waals surface area contributed by atoms with E-state index in [-0.39, 0.29) is 0 Å². The molecule has 0 aliphatic carbocycles. The van der Waals surface area contributed by atoms with Crippen LogP contribution in [0.1, 0.15) is 18.1 Å². The van der Waals surface area contributed by atoms with Crippen molar-refractivity contribution in [2.24, 2.45) is 0 Å². The van der Waals surface area contributed by atoms with Crippen LogP contribution in [0.15, 0.2) is 22.8 Å². The molecule has 1 aliphatic rings. The van der Waals surface area contributed by atoms with E-state index in [9.17, 15) is 0 Å². The fourth-order valence-electron chi connectivity index (χ4n) is 1.28. The molecule has 0 saturated carbocycles. The molecule has 2 rings (SSSR count). The molecule has 1 unspecified atom stereocenters. The van der Waals surface area contributed by atoms with Crippen LogP contribution in [0.4, 0.5) is 0 Å². The maximum absolute atomic E-state index is 5.24. The van der Waals surface area contributed by atoms with E-state index in [0.29, 0.717) is 5.92 Å². The fraction of sp³-hybridized carbons (Fsp3) is 0.500. The Kier molecular flexibility index (Phi) is 1.47. The van der Waals surface area contributed by atoms with Gasteiger partial charge in [0, 0.05) is 12.5 Å². The summed E-state index contributed by atoms with van der Waals surface area (Å²) < 4.78 is 10.5. The molecule has 2 heteroatoms. The van der Waals surface area contributed by atoms with Crippen molar-refractivity contribution in [3.05, 3.63) is 24.2 Å². The first-order chi connectivity index (χ1) is 4.97. The summed E-state index contributed by atoms with van der Waals surface area (Å²) in [7, 11) is 0. The highest BCUT2D eigenvalue weighted by Gasteiger charge is 2.19. The maximum Gasteiger partial charge on any atom is 0.109 e. The number of rotatable bonds is 1. The Balaban J connectivity index is 2.12. The first kappa shape index (κ1) is 5.98. The van der Waals surface area contributed by atoms with Gasteiger partial charge in [-0.25, -0.2) is 0 Å². The molecule has 0 amide bonds. The van der Waals surface area contributed by atoms with Crippen molar-refractivity contribution in [2.45, 2.75) is 12.3 Å². The van der Waals surface area contributed by atoms with Crippen LogP contribution < -0.4 is 0 Å². The Hall–Kier alpha value is -0.760. The molecule has 1 aromatic heterocycles. The van der Waals surface area contributed by atoms with E-state index in [0.717, 1.165) is 25.4 Å². The molecular weight excluding hydrogens is 128 g/mol. The van der Waals surface area contributed by atoms with Crippen molar-refractivity contribution < 1.29 is 9.15 Å². The van der Waals surface area contributed by atoms with Gasteiger partial charge in [0.25, 0.3) is 0 Å². The Morgan fingerprint density at radius 1 is 1.50 bits per heavy atom. The molecule has 1 saturated heterocycles. The molecule has 0 radical (unpaired) electrons. The summed E-state index contributed by atoms with van der Waals surface area (Å²) in [5.41, 5.74) is 0. The Labute approximate surface area is 59.8 Å². The van der Waals surface area contributed by atoms with Crippen LogP contribution >= 0.6 is 0 Å². The molecule has 0 bridgehead atoms. The van der Waals surface area contributed by atoms with Gasteiger partial charge in [0.05, 0.1) is 12.9 Å². The van der Waals surface area contributed by atoms with Crippen LogP contribution in [0.3, 0.4) is 0 Å². The molecule has 1 aliphatic heterocycles. The zero-order valence-electron chi connectivity index (χ0n) is 5.75. The minimum atomic E-state index is 0.509. The van der Waals surface area contributed by atoms with Crippen molar-refractivity contribution in [1.82, 2.24) is 0 Å². The third-order valence-corrected chi connectivity index (χ3v) is 1.88. The van der Waals surface area contributed by atoms with E-state index in [4.69, 9.17) is 9.15 Å². The SMILES string of the molecule is c1coc(C2CCOC2)c1. The van der Waals surface area contributed by atoms with Crippen molar-refractivity contribution in [2.75, 3.05) is 13.2 Å². The molecule has 1 atom stereocenters. The van der Waals surface area contributed by atoms with Gasteiger partial charge in [-0.05, 0) is 18.6 Å². The number of furan rings is 1. The zero-order chi connectivity index (χ0) is 6.81. The minimum absolute atomic E-state index is 0.509. The average Bonchev–Trinajstić information content (AvgIpc) is 2.59. The van der Waals surface area contributed by atoms with Gasteiger partial charge in [0.1, 0.15) is 5.76 Å². The van der Waals surface area contributed by atoms with Gasteiger partial charge in [-0.3, -0.25) is 0 Å². The molecule has 2 nitrogen and oxygen atoms in total. The maximum atomic E-state index is 5.24. The predicted octanol–water partition coefficient (Wildman–Crippen LogP) is 1.78. The summed E-state index contributed by atoms with van der Waals surface area (Å²) in [6, 6.07) is 3.94. The minimum Gasteiger partial charge on any atom is -0.469 e. The lowest BCUT2D eigenvalue weighted by molar-refractivity contribution is 0.191. The second-order valence-electron chi connectivity index (χ2n) is 2.58. The summed E-state index contributed by atoms with van der Waals surface area (Å²) in [6.45, 7) is 1.71. The van der Waals surface area contributed by atoms with E-state index >= 15 is 0 Å². The fourth-order valence-corrected chi connectivity index (χ4v) is 1.28. The van der Waals surface area contributed by atoms with Crippen LogP contribution in [0.25, 0.3) is 0 Å². The molecule has 1 aromatic rings. The van der Waals surface area contributed by atoms with Crippen LogP contribution in [0.2, 0.25) is 0 Å². The normalized spacial score (nSPS) is 25.4. The van der Waals surface area contributed by atoms with Gasteiger partial charge in [0.2, 0.25) is 0 Å². The van der Waals surface area contributed by atoms with Crippen LogP contribution in [0.5, 0.6) is 0 Å². The molecule has 0 spiro atoms. The van der Waals surface area contributed by atoms with Crippen LogP contribution in [0, 0.1) is 0 Å². The highest BCUT2D eigenvalue weighted by Crippen LogP contribution is 2.24. The Morgan fingerprint density at radius 2 is 2.50 bits per heavy atom. The monoisotopic (exact) mass is 138 g/mol. The van der Waals surface area contributed by atoms with E-state index in [1.165, 1.54) is 0 Å². The highest BCUT2D eigenvalue weighted by atomic mass is 16.5. The lowest BCUT2D eigenvalue weighted by atomic mass is 10.1. The quantitative estimate of drug-likeness (QED) is 0.590. The third-order valence-electron chi connectivity index (χ3n) is 1.88. The molecule has 0 aromatic carbocycles. The summed E-state index contributed by atoms with van der Waals surface area (Å²) >= 11 is 0. The second-order valence-corrected chi connectivity index (χ2v) is 2.58. The van der Waals surface area contributed by atoms with Crippen molar-refractivity contribution >= 4 is 0 Å². The van der Waals surface area contributed by atoms with E-state index in [1.54, 1.807) is 6.26 Å². The second kappa shape index (κ2) is 2.46. The van der Waals surface area contributed by atoms with Gasteiger partial charge in [0.15, 0.2) is 0 Å². The van der Waals surface area contributed by atoms with Crippen molar-refractivity contribution in [3.63, 3.8) is 0 Å². The predicted molar refractivity (Wildman–Crippen MR) is 36.9 cm³/mol. The van der Waals surface area contributed by atoms with Gasteiger partial charge in [-0.1, -0.05) is 0 Å². The van der Waals surface area contributed by atoms with Gasteiger partial charge < -0.3 is 9.15 Å². The summed E-state index contributed by atoms with van der Waals surface area (Å²) in [5.74, 6) is 1.58. The zero-order valence-corrected chi connectivity index (χ0v) is 5.75. The summed E-state index contributed by atoms with van der Waals surface area (Å²) in [4.78, 5) is 0. The largest absolute Gasteiger partial charge is 0.469 e. The van der Waals surface area contributed by atoms with E-state index < -0.39 is 0 Å². The Morgan fingerprint density at radius 3 is 3.10 bits per heavy atom. The van der Waals surface area contributed by atoms with Crippen molar-refractivity contribution in [1.29, 1.82) is 0 Å². The number of hydrogen-bond acceptors (Lipinski definition) is 2. The van der Waals surface area contributed by atoms with E-state index in [1.807, 2.05) is 12.1 Å². The topological polar surface area (TPSA) is 22.4 Å². The lowest BCUT2D eigenvalue weighted by Gasteiger charge is -2.00. The smallest absolute Gasteiger partial charge is 0.109 e. The number of hydrogen-bond donors (Lipinski definition) is 0. The average molecular weight is 138 g/mol. The molecule has 0 N–H and O–H groups in total. The summed E-state index contributed by atoms with van der Waals surface area (Å²) in [6.07, 6.45) is 2.82. The van der Waals surface area contributed by atoms with Gasteiger partial charge in [-0.2, -0.15) is 0 Å². The standard InChI is InChI=1S/C8H10O2/c1-2-8(10-4-1)7-3-5-9-6-7/h1-2,4,7H,3,5-6H2. The summed E-state index contributed by atoms with van der Waals surface area (Å²) in [5, 5.41) is 0. The Bertz CT molecular complexity index is 185. The molecule has 1 fully saturated rings. The van der Waals surface area contributed by atoms with Crippen LogP contribution in [-0.2, 0) is 4.74 Å². The first-order valence-corrected chi connectivity index (χ1v) is 3.58.